The molecule has 0 saturated heterocycles. The van der Waals surface area contributed by atoms with Gasteiger partial charge in [0, 0.05) is 11.6 Å². The summed E-state index contributed by atoms with van der Waals surface area (Å²) in [7, 11) is 0. The molecule has 3 aromatic rings. The molecule has 0 spiro atoms. The maximum atomic E-state index is 12.5. The van der Waals surface area contributed by atoms with Crippen molar-refractivity contribution in [1.82, 2.24) is 9.36 Å². The van der Waals surface area contributed by atoms with Gasteiger partial charge in [-0.15, -0.1) is 0 Å². The zero-order valence-electron chi connectivity index (χ0n) is 10.7. The maximum absolute atomic E-state index is 12.5. The fraction of sp³-hybridized carbons (Fsp3) is 0.0769. The summed E-state index contributed by atoms with van der Waals surface area (Å²) in [5, 5.41) is 9.75. The normalized spacial score (nSPS) is 11.5. The minimum absolute atomic E-state index is 0.399. The summed E-state index contributed by atoms with van der Waals surface area (Å²) in [5.74, 6) is 0. The molecular weight excluding hydrogens is 333 g/mol. The number of hydrogen-bond acceptors (Lipinski definition) is 5. The van der Waals surface area contributed by atoms with E-state index < -0.39 is 11.9 Å². The monoisotopic (exact) mass is 340 g/mol. The smallest absolute Gasteiger partial charge is 0.358 e. The number of aromatic amines is 1. The lowest BCUT2D eigenvalue weighted by Crippen LogP contribution is -2.04. The van der Waals surface area contributed by atoms with Crippen LogP contribution in [0.2, 0.25) is 0 Å². The molecule has 4 nitrogen and oxygen atoms in total. The van der Waals surface area contributed by atoms with Crippen molar-refractivity contribution in [2.45, 2.75) is 10.4 Å². The van der Waals surface area contributed by atoms with Gasteiger partial charge >= 0.3 is 6.18 Å². The molecule has 22 heavy (non-hydrogen) atoms. The van der Waals surface area contributed by atoms with Crippen molar-refractivity contribution in [3.8, 4) is 6.07 Å². The Hall–Kier alpha value is -2.18. The standard InChI is InChI=1S/C13H7F3N4S2/c14-13(15,16)10-4-11(22-20-10)21-19-9-3-1-2-8-7(5-17)6-18-12(8)9/h1-4,6,18-19H. The Bertz CT molecular complexity index is 860. The lowest BCUT2D eigenvalue weighted by Gasteiger charge is -2.04. The van der Waals surface area contributed by atoms with Gasteiger partial charge in [0.05, 0.1) is 16.8 Å². The van der Waals surface area contributed by atoms with Crippen LogP contribution in [0.15, 0.2) is 34.7 Å². The van der Waals surface area contributed by atoms with Gasteiger partial charge in [-0.3, -0.25) is 0 Å². The second-order valence-electron chi connectivity index (χ2n) is 4.28. The third-order valence-corrected chi connectivity index (χ3v) is 4.58. The number of nitrogens with one attached hydrogen (secondary N) is 2. The van der Waals surface area contributed by atoms with Gasteiger partial charge in [0.2, 0.25) is 0 Å². The third kappa shape index (κ3) is 2.75. The van der Waals surface area contributed by atoms with Crippen molar-refractivity contribution >= 4 is 40.1 Å². The Balaban J connectivity index is 1.81. The average molecular weight is 340 g/mol. The first-order chi connectivity index (χ1) is 10.5. The number of rotatable bonds is 3. The summed E-state index contributed by atoms with van der Waals surface area (Å²) in [5.41, 5.74) is 1.03. The summed E-state index contributed by atoms with van der Waals surface area (Å²) < 4.78 is 44.2. The van der Waals surface area contributed by atoms with Crippen molar-refractivity contribution in [2.24, 2.45) is 0 Å². The summed E-state index contributed by atoms with van der Waals surface area (Å²) in [6.07, 6.45) is -2.84. The molecule has 2 N–H and O–H groups in total. The number of benzene rings is 1. The number of aromatic nitrogens is 2. The number of anilines is 1. The molecule has 0 aliphatic carbocycles. The van der Waals surface area contributed by atoms with Crippen molar-refractivity contribution in [1.29, 1.82) is 5.26 Å². The van der Waals surface area contributed by atoms with Crippen LogP contribution in [-0.2, 0) is 6.18 Å². The van der Waals surface area contributed by atoms with Crippen LogP contribution in [0.1, 0.15) is 11.3 Å². The molecule has 0 amide bonds. The fourth-order valence-corrected chi connectivity index (χ4v) is 3.32. The molecule has 3 rings (SSSR count). The van der Waals surface area contributed by atoms with E-state index in [1.807, 2.05) is 0 Å². The second kappa shape index (κ2) is 5.55. The highest BCUT2D eigenvalue weighted by atomic mass is 32.2. The Morgan fingerprint density at radius 1 is 1.36 bits per heavy atom. The van der Waals surface area contributed by atoms with Gasteiger partial charge in [-0.1, -0.05) is 12.1 Å². The van der Waals surface area contributed by atoms with Crippen molar-refractivity contribution < 1.29 is 13.2 Å². The van der Waals surface area contributed by atoms with E-state index in [4.69, 9.17) is 5.26 Å². The largest absolute Gasteiger partial charge is 0.434 e. The average Bonchev–Trinajstić information content (AvgIpc) is 3.11. The number of hydrogen-bond donors (Lipinski definition) is 2. The van der Waals surface area contributed by atoms with Gasteiger partial charge in [-0.05, 0) is 35.6 Å². The summed E-state index contributed by atoms with van der Waals surface area (Å²) in [4.78, 5) is 2.98. The van der Waals surface area contributed by atoms with Crippen LogP contribution in [0.4, 0.5) is 18.9 Å². The highest BCUT2D eigenvalue weighted by molar-refractivity contribution is 8.02. The molecule has 9 heteroatoms. The zero-order chi connectivity index (χ0) is 15.7. The van der Waals surface area contributed by atoms with Gasteiger partial charge in [0.25, 0.3) is 0 Å². The Kier molecular flexibility index (Phi) is 3.72. The number of alkyl halides is 3. The van der Waals surface area contributed by atoms with E-state index in [2.05, 4.69) is 20.1 Å². The Labute approximate surface area is 131 Å². The molecule has 0 saturated carbocycles. The number of nitrogens with zero attached hydrogens (tertiary/aromatic N) is 2. The number of nitriles is 1. The number of para-hydroxylation sites is 1. The van der Waals surface area contributed by atoms with Crippen LogP contribution in [-0.4, -0.2) is 9.36 Å². The molecule has 2 heterocycles. The van der Waals surface area contributed by atoms with Crippen LogP contribution in [0.5, 0.6) is 0 Å². The van der Waals surface area contributed by atoms with E-state index >= 15 is 0 Å². The summed E-state index contributed by atoms with van der Waals surface area (Å²) in [6, 6.07) is 8.42. The first kappa shape index (κ1) is 14.7. The van der Waals surface area contributed by atoms with Gasteiger partial charge in [-0.2, -0.15) is 22.8 Å². The first-order valence-corrected chi connectivity index (χ1v) is 7.55. The van der Waals surface area contributed by atoms with Gasteiger partial charge in [0.15, 0.2) is 5.69 Å². The number of halogens is 3. The highest BCUT2D eigenvalue weighted by Crippen LogP contribution is 2.35. The number of H-pyrrole nitrogens is 1. The minimum Gasteiger partial charge on any atom is -0.358 e. The summed E-state index contributed by atoms with van der Waals surface area (Å²) in [6.45, 7) is 0. The molecular formula is C13H7F3N4S2. The summed E-state index contributed by atoms with van der Waals surface area (Å²) >= 11 is 1.82. The van der Waals surface area contributed by atoms with Crippen molar-refractivity contribution in [3.63, 3.8) is 0 Å². The molecule has 0 fully saturated rings. The minimum atomic E-state index is -4.43. The lowest BCUT2D eigenvalue weighted by atomic mass is 10.2. The molecule has 0 bridgehead atoms. The van der Waals surface area contributed by atoms with Gasteiger partial charge in [-0.25, -0.2) is 0 Å². The van der Waals surface area contributed by atoms with E-state index in [-0.39, 0.29) is 0 Å². The molecule has 0 radical (unpaired) electrons. The molecule has 2 aromatic heterocycles. The Morgan fingerprint density at radius 3 is 2.86 bits per heavy atom. The molecule has 0 atom stereocenters. The lowest BCUT2D eigenvalue weighted by molar-refractivity contribution is -0.140. The van der Waals surface area contributed by atoms with Crippen LogP contribution < -0.4 is 4.72 Å². The zero-order valence-corrected chi connectivity index (χ0v) is 12.4. The van der Waals surface area contributed by atoms with E-state index in [1.165, 1.54) is 0 Å². The van der Waals surface area contributed by atoms with E-state index in [1.54, 1.807) is 24.4 Å². The third-order valence-electron chi connectivity index (χ3n) is 2.88. The van der Waals surface area contributed by atoms with E-state index in [9.17, 15) is 13.2 Å². The van der Waals surface area contributed by atoms with E-state index in [0.717, 1.165) is 40.4 Å². The first-order valence-electron chi connectivity index (χ1n) is 5.96. The predicted molar refractivity (Wildman–Crippen MR) is 79.6 cm³/mol. The Morgan fingerprint density at radius 2 is 2.18 bits per heavy atom. The van der Waals surface area contributed by atoms with Crippen molar-refractivity contribution in [2.75, 3.05) is 4.72 Å². The molecule has 112 valence electrons. The maximum Gasteiger partial charge on any atom is 0.434 e. The molecule has 0 aliphatic rings. The van der Waals surface area contributed by atoms with Crippen LogP contribution in [0.3, 0.4) is 0 Å². The van der Waals surface area contributed by atoms with Crippen LogP contribution in [0, 0.1) is 11.3 Å². The second-order valence-corrected chi connectivity index (χ2v) is 6.19. The predicted octanol–water partition coefficient (Wildman–Crippen LogP) is 4.63. The fourth-order valence-electron chi connectivity index (χ4n) is 1.88. The molecule has 1 aromatic carbocycles. The topological polar surface area (TPSA) is 64.5 Å². The SMILES string of the molecule is N#Cc1c[nH]c2c(NSc3cc(C(F)(F)F)ns3)cccc12. The molecule has 0 aliphatic heterocycles. The van der Waals surface area contributed by atoms with Crippen LogP contribution in [0.25, 0.3) is 10.9 Å². The quantitative estimate of drug-likeness (QED) is 0.682. The number of fused-ring (bicyclic) bond motifs is 1. The van der Waals surface area contributed by atoms with Gasteiger partial charge in [0.1, 0.15) is 10.3 Å². The highest BCUT2D eigenvalue weighted by Gasteiger charge is 2.33. The van der Waals surface area contributed by atoms with Crippen molar-refractivity contribution in [3.05, 3.63) is 41.7 Å². The van der Waals surface area contributed by atoms with Crippen LogP contribution >= 0.6 is 23.5 Å². The molecule has 0 unspecified atom stereocenters. The van der Waals surface area contributed by atoms with Gasteiger partial charge < -0.3 is 9.71 Å². The van der Waals surface area contributed by atoms with E-state index in [0.29, 0.717) is 15.5 Å².